The first-order valence-corrected chi connectivity index (χ1v) is 44.7. The lowest BCUT2D eigenvalue weighted by molar-refractivity contribution is 0.0415. The molecule has 12 bridgehead atoms. The summed E-state index contributed by atoms with van der Waals surface area (Å²) in [6, 6.07) is 60.3. The second-order valence-electron chi connectivity index (χ2n) is 35.8. The molecular weight excluding hydrogens is 1470 g/mol. The Morgan fingerprint density at radius 1 is 0.322 bits per heavy atom. The van der Waals surface area contributed by atoms with E-state index in [1.54, 1.807) is 20.3 Å². The molecular formula is C102H122N6O10. The predicted molar refractivity (Wildman–Crippen MR) is 466 cm³/mol. The van der Waals surface area contributed by atoms with Crippen LogP contribution in [0.1, 0.15) is 171 Å². The van der Waals surface area contributed by atoms with Gasteiger partial charge >= 0.3 is 0 Å². The lowest BCUT2D eigenvalue weighted by Gasteiger charge is -2.44. The SMILES string of the molecule is CCCc1ccc(C(=O)C2CN3CCC2CC3)cc1.CCc1ccc(C(=O)C2CN3CCC2CC3)cc1.COc1cc(OC)cc(C(=O)C2CN3CCC2CC3)c1.O=C(c1ccc(-c2ccccc2)cc1)C1CN2CCC1CC2.O=C(c1ccc2c(c1)OCO2)C1CN2CCC1CC2.O=C(c1cccc2ccccc12)C1CN2CCC1CC2. The van der Waals surface area contributed by atoms with Crippen LogP contribution < -0.4 is 18.9 Å². The van der Waals surface area contributed by atoms with Crippen molar-refractivity contribution in [1.29, 1.82) is 0 Å². The number of fused-ring (bicyclic) bond motifs is 20. The fourth-order valence-corrected chi connectivity index (χ4v) is 21.8. The standard InChI is InChI=1S/C20H21NO.C18H19NO.C17H23NO.C16H21NO3.C16H21NO.C15H17NO3/c22-20(19-14-21-12-10-17(19)11-13-21)18-8-6-16(7-9-18)15-4-2-1-3-5-15;20-18(17-12-19-10-8-14(17)9-11-19)16-7-3-5-13-4-1-2-6-15(13)16;1-2-3-13-4-6-15(7-5-13)17(19)16-12-18-10-8-14(16)9-11-18;1-19-13-7-12(8-14(9-13)20-2)16(18)15-10-17-5-3-11(15)4-6-17;1-2-12-3-5-14(6-4-12)16(18)15-11-17-9-7-13(15)8-10-17;17-15(12-8-16-5-3-10(12)4-6-16)11-1-2-13-14(7-11)19-9-18-13/h1-9,17,19H,10-14H2;1-7,14,17H,8-12H2;4-7,14,16H,2-3,8-12H2,1H3;7-9,11,15H,3-6,10H2,1-2H3;3-6,13,15H,2,7-11H2,1H3;1-2,7,10,12H,3-6,8-9H2. The minimum atomic E-state index is 0.134. The van der Waals surface area contributed by atoms with E-state index in [0.29, 0.717) is 81.5 Å². The van der Waals surface area contributed by atoms with Gasteiger partial charge in [-0.2, -0.15) is 0 Å². The molecule has 0 radical (unpaired) electrons. The lowest BCUT2D eigenvalue weighted by Crippen LogP contribution is -2.50. The number of hydrogen-bond acceptors (Lipinski definition) is 16. The van der Waals surface area contributed by atoms with Crippen molar-refractivity contribution in [3.63, 3.8) is 0 Å². The molecule has 18 fully saturated rings. The highest BCUT2D eigenvalue weighted by molar-refractivity contribution is 6.09. The number of aryl methyl sites for hydroxylation is 2. The van der Waals surface area contributed by atoms with Crippen molar-refractivity contribution in [2.75, 3.05) is 139 Å². The maximum atomic E-state index is 13.0. The van der Waals surface area contributed by atoms with Gasteiger partial charge in [-0.1, -0.05) is 166 Å². The summed E-state index contributed by atoms with van der Waals surface area (Å²) in [5.41, 5.74) is 10.1. The van der Waals surface area contributed by atoms with Gasteiger partial charge < -0.3 is 48.3 Å². The summed E-state index contributed by atoms with van der Waals surface area (Å²) < 4.78 is 21.1. The van der Waals surface area contributed by atoms with E-state index in [1.165, 1.54) is 144 Å². The van der Waals surface area contributed by atoms with Crippen LogP contribution in [0.4, 0.5) is 0 Å². The summed E-state index contributed by atoms with van der Waals surface area (Å²) in [5.74, 6) is 9.55. The van der Waals surface area contributed by atoms with Crippen molar-refractivity contribution in [2.45, 2.75) is 110 Å². The number of Topliss-reactive ketones (excluding diaryl/α,β-unsaturated/α-hetero) is 6. The molecule has 620 valence electrons. The van der Waals surface area contributed by atoms with Crippen LogP contribution in [-0.2, 0) is 12.8 Å². The topological polar surface area (TPSA) is 159 Å². The molecule has 6 atom stereocenters. The molecule has 0 amide bonds. The van der Waals surface area contributed by atoms with Gasteiger partial charge in [-0.25, -0.2) is 0 Å². The number of carbonyl (C=O) groups excluding carboxylic acids is 6. The Morgan fingerprint density at radius 2 is 0.661 bits per heavy atom. The number of rotatable bonds is 18. The van der Waals surface area contributed by atoms with Crippen LogP contribution in [0.25, 0.3) is 21.9 Å². The van der Waals surface area contributed by atoms with Gasteiger partial charge in [-0.3, -0.25) is 28.8 Å². The number of methoxy groups -OCH3 is 2. The van der Waals surface area contributed by atoms with Crippen LogP contribution >= 0.6 is 0 Å². The van der Waals surface area contributed by atoms with E-state index in [9.17, 15) is 28.8 Å². The molecule has 0 aliphatic carbocycles. The number of nitrogens with zero attached hydrogens (tertiary/aromatic N) is 6. The molecule has 16 nitrogen and oxygen atoms in total. The van der Waals surface area contributed by atoms with E-state index in [-0.39, 0.29) is 53.9 Å². The van der Waals surface area contributed by atoms with Gasteiger partial charge in [0.15, 0.2) is 46.2 Å². The van der Waals surface area contributed by atoms with E-state index in [2.05, 4.69) is 110 Å². The Morgan fingerprint density at radius 3 is 1.05 bits per heavy atom. The minimum absolute atomic E-state index is 0.134. The molecule has 0 aromatic heterocycles. The summed E-state index contributed by atoms with van der Waals surface area (Å²) in [5, 5.41) is 2.27. The van der Waals surface area contributed by atoms with Crippen molar-refractivity contribution in [1.82, 2.24) is 29.4 Å². The Balaban J connectivity index is 0.000000106. The third kappa shape index (κ3) is 19.2. The maximum Gasteiger partial charge on any atom is 0.231 e. The number of carbonyl (C=O) groups is 6. The van der Waals surface area contributed by atoms with Gasteiger partial charge in [0.1, 0.15) is 11.5 Å². The summed E-state index contributed by atoms with van der Waals surface area (Å²) in [7, 11) is 3.22. The van der Waals surface area contributed by atoms with Crippen molar-refractivity contribution < 1.29 is 47.7 Å². The molecule has 6 unspecified atom stereocenters. The second kappa shape index (κ2) is 38.6. The highest BCUT2D eigenvalue weighted by atomic mass is 16.7. The molecule has 16 heteroatoms. The summed E-state index contributed by atoms with van der Waals surface area (Å²) in [6.07, 6.45) is 17.6. The Hall–Kier alpha value is -9.00. The molecule has 0 saturated carbocycles. The maximum absolute atomic E-state index is 13.0. The third-order valence-electron chi connectivity index (χ3n) is 29.0. The highest BCUT2D eigenvalue weighted by Gasteiger charge is 2.45. The fraction of sp³-hybridized carbons (Fsp3) is 0.490. The molecule has 0 N–H and O–H groups in total. The first kappa shape index (κ1) is 82.7. The number of hydrogen-bond donors (Lipinski definition) is 0. The van der Waals surface area contributed by atoms with Gasteiger partial charge in [-0.15, -0.1) is 0 Å². The average Bonchev–Trinajstić information content (AvgIpc) is 1.25. The summed E-state index contributed by atoms with van der Waals surface area (Å²) in [6.45, 7) is 24.5. The van der Waals surface area contributed by atoms with Crippen molar-refractivity contribution in [3.05, 3.63) is 226 Å². The zero-order valence-corrected chi connectivity index (χ0v) is 70.1. The van der Waals surface area contributed by atoms with E-state index >= 15 is 0 Å². The third-order valence-corrected chi connectivity index (χ3v) is 29.0. The molecule has 19 heterocycles. The smallest absolute Gasteiger partial charge is 0.231 e. The van der Waals surface area contributed by atoms with Crippen LogP contribution in [0, 0.1) is 71.0 Å². The molecule has 8 aromatic carbocycles. The van der Waals surface area contributed by atoms with E-state index in [0.717, 1.165) is 137 Å². The van der Waals surface area contributed by atoms with Gasteiger partial charge in [-0.05, 0) is 267 Å². The molecule has 0 spiro atoms. The predicted octanol–water partition coefficient (Wildman–Crippen LogP) is 17.3. The Kier molecular flexibility index (Phi) is 27.0. The Bertz CT molecular complexity index is 4730. The molecule has 19 aliphatic heterocycles. The van der Waals surface area contributed by atoms with E-state index in [4.69, 9.17) is 18.9 Å². The molecule has 19 aliphatic rings. The summed E-state index contributed by atoms with van der Waals surface area (Å²) in [4.78, 5) is 91.0. The molecule has 8 aromatic rings. The quantitative estimate of drug-likeness (QED) is 0.0746. The fourth-order valence-electron chi connectivity index (χ4n) is 21.8. The van der Waals surface area contributed by atoms with E-state index < -0.39 is 0 Å². The average molecular weight is 1590 g/mol. The van der Waals surface area contributed by atoms with Crippen molar-refractivity contribution in [2.24, 2.45) is 71.0 Å². The normalized spacial score (nSPS) is 29.1. The largest absolute Gasteiger partial charge is 0.497 e. The molecule has 118 heavy (non-hydrogen) atoms. The molecule has 18 saturated heterocycles. The van der Waals surface area contributed by atoms with Gasteiger partial charge in [0.2, 0.25) is 6.79 Å². The zero-order valence-electron chi connectivity index (χ0n) is 70.1. The Labute approximate surface area is 699 Å². The van der Waals surface area contributed by atoms with Crippen LogP contribution in [0.15, 0.2) is 182 Å². The molecule has 27 rings (SSSR count). The van der Waals surface area contributed by atoms with Crippen LogP contribution in [0.3, 0.4) is 0 Å². The number of benzene rings is 8. The lowest BCUT2D eigenvalue weighted by atomic mass is 9.75. The second-order valence-corrected chi connectivity index (χ2v) is 35.8. The first-order valence-electron chi connectivity index (χ1n) is 44.7. The summed E-state index contributed by atoms with van der Waals surface area (Å²) >= 11 is 0. The zero-order chi connectivity index (χ0) is 81.2. The first-order chi connectivity index (χ1) is 57.7. The van der Waals surface area contributed by atoms with Crippen LogP contribution in [0.5, 0.6) is 23.0 Å². The number of ketones is 6. The van der Waals surface area contributed by atoms with Gasteiger partial charge in [0, 0.05) is 114 Å². The van der Waals surface area contributed by atoms with Crippen molar-refractivity contribution in [3.8, 4) is 34.1 Å². The highest BCUT2D eigenvalue weighted by Crippen LogP contribution is 2.43. The number of ether oxygens (including phenoxy) is 4. The van der Waals surface area contributed by atoms with Crippen LogP contribution in [0.2, 0.25) is 0 Å². The van der Waals surface area contributed by atoms with E-state index in [1.807, 2.05) is 109 Å². The number of piperidine rings is 18. The van der Waals surface area contributed by atoms with Gasteiger partial charge in [0.25, 0.3) is 0 Å². The van der Waals surface area contributed by atoms with Crippen molar-refractivity contribution >= 4 is 45.5 Å². The van der Waals surface area contributed by atoms with Crippen LogP contribution in [-0.4, -0.2) is 203 Å². The monoisotopic (exact) mass is 1590 g/mol. The van der Waals surface area contributed by atoms with Gasteiger partial charge in [0.05, 0.1) is 14.2 Å². The minimum Gasteiger partial charge on any atom is -0.497 e.